The molecule has 0 saturated heterocycles. The highest BCUT2D eigenvalue weighted by Crippen LogP contribution is 2.26. The Morgan fingerprint density at radius 3 is 2.88 bits per heavy atom. The van der Waals surface area contributed by atoms with E-state index < -0.39 is 0 Å². The average molecular weight is 328 g/mol. The molecule has 2 aromatic rings. The minimum Gasteiger partial charge on any atom is -0.484 e. The summed E-state index contributed by atoms with van der Waals surface area (Å²) in [7, 11) is 3.92. The van der Waals surface area contributed by atoms with Crippen LogP contribution in [0.5, 0.6) is 5.75 Å². The van der Waals surface area contributed by atoms with E-state index in [0.29, 0.717) is 6.54 Å². The molecule has 0 fully saturated rings. The minimum absolute atomic E-state index is 0.00365. The highest BCUT2D eigenvalue weighted by atomic mass is 16.5. The molecule has 1 atom stereocenters. The summed E-state index contributed by atoms with van der Waals surface area (Å²) in [4.78, 5) is 14.1. The van der Waals surface area contributed by atoms with Gasteiger partial charge in [0.15, 0.2) is 6.61 Å². The first kappa shape index (κ1) is 16.6. The third kappa shape index (κ3) is 3.97. The fraction of sp³-hybridized carbons (Fsp3) is 0.421. The third-order valence-electron chi connectivity index (χ3n) is 4.43. The lowest BCUT2D eigenvalue weighted by atomic mass is 10.1. The van der Waals surface area contributed by atoms with Crippen LogP contribution in [0.4, 0.5) is 0 Å². The molecule has 1 aliphatic rings. The molecule has 0 bridgehead atoms. The van der Waals surface area contributed by atoms with Gasteiger partial charge in [0.1, 0.15) is 11.5 Å². The number of hydrogen-bond acceptors (Lipinski definition) is 4. The van der Waals surface area contributed by atoms with Gasteiger partial charge in [-0.2, -0.15) is 0 Å². The van der Waals surface area contributed by atoms with E-state index in [1.807, 2.05) is 37.2 Å². The molecule has 128 valence electrons. The SMILES string of the molecule is CN(C)C(CNC(=O)COc1ccc2c(c1)CCC2)c1ccco1. The normalized spacial score (nSPS) is 14.5. The van der Waals surface area contributed by atoms with E-state index in [9.17, 15) is 4.79 Å². The summed E-state index contributed by atoms with van der Waals surface area (Å²) >= 11 is 0. The number of hydrogen-bond donors (Lipinski definition) is 1. The van der Waals surface area contributed by atoms with Crippen molar-refractivity contribution in [3.63, 3.8) is 0 Å². The van der Waals surface area contributed by atoms with Crippen LogP contribution in [-0.4, -0.2) is 38.1 Å². The molecule has 0 aliphatic heterocycles. The van der Waals surface area contributed by atoms with Gasteiger partial charge in [0.2, 0.25) is 0 Å². The number of amides is 1. The van der Waals surface area contributed by atoms with Crippen LogP contribution < -0.4 is 10.1 Å². The van der Waals surface area contributed by atoms with E-state index in [1.165, 1.54) is 17.5 Å². The first-order valence-corrected chi connectivity index (χ1v) is 8.34. The number of fused-ring (bicyclic) bond motifs is 1. The summed E-state index contributed by atoms with van der Waals surface area (Å²) in [6, 6.07) is 9.88. The Balaban J connectivity index is 1.49. The molecule has 1 aromatic carbocycles. The predicted molar refractivity (Wildman–Crippen MR) is 92.1 cm³/mol. The van der Waals surface area contributed by atoms with Crippen LogP contribution in [0, 0.1) is 0 Å². The van der Waals surface area contributed by atoms with E-state index in [-0.39, 0.29) is 18.6 Å². The van der Waals surface area contributed by atoms with Crippen molar-refractivity contribution in [1.29, 1.82) is 0 Å². The summed E-state index contributed by atoms with van der Waals surface area (Å²) in [6.07, 6.45) is 5.10. The van der Waals surface area contributed by atoms with Crippen LogP contribution in [0.15, 0.2) is 41.0 Å². The molecule has 1 heterocycles. The van der Waals surface area contributed by atoms with E-state index in [2.05, 4.69) is 17.4 Å². The van der Waals surface area contributed by atoms with Gasteiger partial charge >= 0.3 is 0 Å². The Morgan fingerprint density at radius 1 is 1.29 bits per heavy atom. The number of nitrogens with zero attached hydrogens (tertiary/aromatic N) is 1. The number of rotatable bonds is 7. The van der Waals surface area contributed by atoms with Crippen molar-refractivity contribution in [2.24, 2.45) is 0 Å². The topological polar surface area (TPSA) is 54.7 Å². The van der Waals surface area contributed by atoms with Crippen LogP contribution in [0.25, 0.3) is 0 Å². The molecule has 0 saturated carbocycles. The molecule has 1 aliphatic carbocycles. The number of benzene rings is 1. The number of ether oxygens (including phenoxy) is 1. The van der Waals surface area contributed by atoms with E-state index >= 15 is 0 Å². The van der Waals surface area contributed by atoms with E-state index in [1.54, 1.807) is 6.26 Å². The third-order valence-corrected chi connectivity index (χ3v) is 4.43. The van der Waals surface area contributed by atoms with Crippen LogP contribution in [0.2, 0.25) is 0 Å². The summed E-state index contributed by atoms with van der Waals surface area (Å²) in [5.41, 5.74) is 2.75. The van der Waals surface area contributed by atoms with Crippen LogP contribution in [0.1, 0.15) is 29.3 Å². The summed E-state index contributed by atoms with van der Waals surface area (Å²) in [6.45, 7) is 0.504. The lowest BCUT2D eigenvalue weighted by molar-refractivity contribution is -0.123. The number of nitrogens with one attached hydrogen (secondary N) is 1. The summed E-state index contributed by atoms with van der Waals surface area (Å²) in [5, 5.41) is 2.91. The first-order chi connectivity index (χ1) is 11.6. The lowest BCUT2D eigenvalue weighted by Gasteiger charge is -2.22. The summed E-state index contributed by atoms with van der Waals surface area (Å²) in [5.74, 6) is 1.47. The maximum absolute atomic E-state index is 12.1. The summed E-state index contributed by atoms with van der Waals surface area (Å²) < 4.78 is 11.1. The standard InChI is InChI=1S/C19H24N2O3/c1-21(2)17(18-7-4-10-23-18)12-20-19(22)13-24-16-9-8-14-5-3-6-15(14)11-16/h4,7-11,17H,3,5-6,12-13H2,1-2H3,(H,20,22). The highest BCUT2D eigenvalue weighted by molar-refractivity contribution is 5.77. The molecule has 1 unspecified atom stereocenters. The van der Waals surface area contributed by atoms with E-state index in [0.717, 1.165) is 24.4 Å². The van der Waals surface area contributed by atoms with Crippen molar-refractivity contribution in [2.75, 3.05) is 27.2 Å². The van der Waals surface area contributed by atoms with Crippen LogP contribution in [0.3, 0.4) is 0 Å². The smallest absolute Gasteiger partial charge is 0.258 e. The monoisotopic (exact) mass is 328 g/mol. The first-order valence-electron chi connectivity index (χ1n) is 8.34. The molecule has 3 rings (SSSR count). The largest absolute Gasteiger partial charge is 0.484 e. The fourth-order valence-electron chi connectivity index (χ4n) is 3.07. The van der Waals surface area contributed by atoms with Gasteiger partial charge in [0, 0.05) is 6.54 Å². The Hall–Kier alpha value is -2.27. The lowest BCUT2D eigenvalue weighted by Crippen LogP contribution is -2.36. The minimum atomic E-state index is -0.131. The van der Waals surface area contributed by atoms with Gasteiger partial charge in [-0.05, 0) is 68.8 Å². The van der Waals surface area contributed by atoms with Gasteiger partial charge in [-0.3, -0.25) is 9.69 Å². The fourth-order valence-corrected chi connectivity index (χ4v) is 3.07. The number of aryl methyl sites for hydroxylation is 2. The van der Waals surface area contributed by atoms with E-state index in [4.69, 9.17) is 9.15 Å². The van der Waals surface area contributed by atoms with Gasteiger partial charge in [0.25, 0.3) is 5.91 Å². The maximum atomic E-state index is 12.1. The molecular formula is C19H24N2O3. The molecule has 0 radical (unpaired) electrons. The van der Waals surface area contributed by atoms with Gasteiger partial charge in [-0.25, -0.2) is 0 Å². The van der Waals surface area contributed by atoms with Crippen molar-refractivity contribution in [2.45, 2.75) is 25.3 Å². The van der Waals surface area contributed by atoms with Crippen molar-refractivity contribution in [1.82, 2.24) is 10.2 Å². The second kappa shape index (κ2) is 7.53. The number of furan rings is 1. The van der Waals surface area contributed by atoms with Crippen molar-refractivity contribution >= 4 is 5.91 Å². The Labute approximate surface area is 142 Å². The number of carbonyl (C=O) groups excluding carboxylic acids is 1. The quantitative estimate of drug-likeness (QED) is 0.849. The Bertz CT molecular complexity index is 680. The number of likely N-dealkylation sites (N-methyl/N-ethyl adjacent to an activating group) is 1. The van der Waals surface area contributed by atoms with Crippen LogP contribution >= 0.6 is 0 Å². The molecule has 1 aromatic heterocycles. The predicted octanol–water partition coefficient (Wildman–Crippen LogP) is 2.57. The highest BCUT2D eigenvalue weighted by Gasteiger charge is 2.18. The van der Waals surface area contributed by atoms with Gasteiger partial charge < -0.3 is 14.5 Å². The zero-order valence-corrected chi connectivity index (χ0v) is 14.2. The second-order valence-electron chi connectivity index (χ2n) is 6.37. The van der Waals surface area contributed by atoms with Crippen molar-refractivity contribution in [3.05, 3.63) is 53.5 Å². The van der Waals surface area contributed by atoms with Gasteiger partial charge in [-0.15, -0.1) is 0 Å². The Kier molecular flexibility index (Phi) is 5.20. The zero-order valence-electron chi connectivity index (χ0n) is 14.2. The van der Waals surface area contributed by atoms with Gasteiger partial charge in [-0.1, -0.05) is 6.07 Å². The second-order valence-corrected chi connectivity index (χ2v) is 6.37. The molecule has 5 nitrogen and oxygen atoms in total. The zero-order chi connectivity index (χ0) is 16.9. The van der Waals surface area contributed by atoms with Crippen LogP contribution in [-0.2, 0) is 17.6 Å². The molecule has 5 heteroatoms. The van der Waals surface area contributed by atoms with Crippen molar-refractivity contribution in [3.8, 4) is 5.75 Å². The molecule has 1 amide bonds. The number of carbonyl (C=O) groups is 1. The molecule has 1 N–H and O–H groups in total. The molecular weight excluding hydrogens is 304 g/mol. The molecule has 0 spiro atoms. The Morgan fingerprint density at radius 2 is 2.12 bits per heavy atom. The van der Waals surface area contributed by atoms with Crippen molar-refractivity contribution < 1.29 is 13.9 Å². The molecule has 24 heavy (non-hydrogen) atoms. The van der Waals surface area contributed by atoms with Gasteiger partial charge in [0.05, 0.1) is 12.3 Å². The maximum Gasteiger partial charge on any atom is 0.258 e. The average Bonchev–Trinajstić information content (AvgIpc) is 3.23.